The molecule has 0 aliphatic rings. The quantitative estimate of drug-likeness (QED) is 0.636. The van der Waals surface area contributed by atoms with Crippen molar-refractivity contribution in [3.05, 3.63) is 29.8 Å². The fourth-order valence-electron chi connectivity index (χ4n) is 1.03. The van der Waals surface area contributed by atoms with Crippen LogP contribution in [0, 0.1) is 0 Å². The molecule has 5 heteroatoms. The van der Waals surface area contributed by atoms with Crippen molar-refractivity contribution in [2.45, 2.75) is 12.6 Å². The largest absolute Gasteiger partial charge is 0.491 e. The molecular weight excluding hydrogens is 198 g/mol. The molecule has 0 saturated carbocycles. The van der Waals surface area contributed by atoms with E-state index in [1.165, 1.54) is 0 Å². The van der Waals surface area contributed by atoms with E-state index in [1.807, 2.05) is 0 Å². The van der Waals surface area contributed by atoms with Gasteiger partial charge in [-0.2, -0.15) is 0 Å². The second-order valence-electron chi connectivity index (χ2n) is 3.02. The number of para-hydroxylation sites is 1. The highest BCUT2D eigenvalue weighted by atomic mass is 16.5. The zero-order valence-electron chi connectivity index (χ0n) is 8.09. The van der Waals surface area contributed by atoms with Crippen molar-refractivity contribution in [1.29, 1.82) is 0 Å². The fourth-order valence-corrected chi connectivity index (χ4v) is 1.03. The Hall–Kier alpha value is -1.59. The minimum absolute atomic E-state index is 0.119. The molecule has 0 saturated heterocycles. The van der Waals surface area contributed by atoms with Crippen molar-refractivity contribution >= 4 is 5.97 Å². The molecule has 1 aromatic carbocycles. The lowest BCUT2D eigenvalue weighted by Crippen LogP contribution is -2.36. The van der Waals surface area contributed by atoms with Crippen molar-refractivity contribution in [3.8, 4) is 5.75 Å². The summed E-state index contributed by atoms with van der Waals surface area (Å²) in [5.74, 6) is -0.659. The molecule has 1 rings (SSSR count). The number of aliphatic hydroxyl groups excluding tert-OH is 1. The Kier molecular flexibility index (Phi) is 4.08. The highest BCUT2D eigenvalue weighted by molar-refractivity contribution is 5.73. The minimum atomic E-state index is -1.11. The van der Waals surface area contributed by atoms with Crippen LogP contribution in [0.4, 0.5) is 0 Å². The van der Waals surface area contributed by atoms with Crippen LogP contribution in [0.2, 0.25) is 0 Å². The average molecular weight is 211 g/mol. The predicted molar refractivity (Wildman–Crippen MR) is 53.5 cm³/mol. The second kappa shape index (κ2) is 5.33. The van der Waals surface area contributed by atoms with E-state index >= 15 is 0 Å². The number of hydrogen-bond donors (Lipinski definition) is 3. The Morgan fingerprint density at radius 3 is 2.73 bits per heavy atom. The monoisotopic (exact) mass is 211 g/mol. The number of carboxylic acid groups (broad SMARTS) is 1. The molecule has 0 amide bonds. The molecule has 0 radical (unpaired) electrons. The van der Waals surface area contributed by atoms with E-state index in [2.05, 4.69) is 0 Å². The lowest BCUT2D eigenvalue weighted by molar-refractivity contribution is -0.139. The van der Waals surface area contributed by atoms with Crippen molar-refractivity contribution in [3.63, 3.8) is 0 Å². The van der Waals surface area contributed by atoms with Gasteiger partial charge in [0.15, 0.2) is 0 Å². The summed E-state index contributed by atoms with van der Waals surface area (Å²) in [5, 5.41) is 17.5. The first kappa shape index (κ1) is 11.5. The van der Waals surface area contributed by atoms with E-state index in [9.17, 15) is 4.79 Å². The van der Waals surface area contributed by atoms with Gasteiger partial charge in [-0.15, -0.1) is 0 Å². The number of aliphatic hydroxyl groups is 1. The third kappa shape index (κ3) is 3.23. The zero-order chi connectivity index (χ0) is 11.3. The first-order valence-electron chi connectivity index (χ1n) is 4.45. The molecule has 4 N–H and O–H groups in total. The number of rotatable bonds is 5. The summed E-state index contributed by atoms with van der Waals surface area (Å²) in [6.45, 7) is -0.273. The van der Waals surface area contributed by atoms with E-state index < -0.39 is 12.0 Å². The Morgan fingerprint density at radius 2 is 2.13 bits per heavy atom. The van der Waals surface area contributed by atoms with Crippen LogP contribution >= 0.6 is 0 Å². The van der Waals surface area contributed by atoms with E-state index in [4.69, 9.17) is 20.7 Å². The van der Waals surface area contributed by atoms with Crippen LogP contribution in [-0.4, -0.2) is 28.8 Å². The molecule has 5 nitrogen and oxygen atoms in total. The average Bonchev–Trinajstić information content (AvgIpc) is 2.26. The van der Waals surface area contributed by atoms with E-state index in [0.29, 0.717) is 11.3 Å². The lowest BCUT2D eigenvalue weighted by atomic mass is 10.2. The van der Waals surface area contributed by atoms with Gasteiger partial charge in [0.25, 0.3) is 0 Å². The van der Waals surface area contributed by atoms with Crippen molar-refractivity contribution in [1.82, 2.24) is 0 Å². The van der Waals surface area contributed by atoms with Gasteiger partial charge in [0.1, 0.15) is 18.4 Å². The molecule has 15 heavy (non-hydrogen) atoms. The smallest absolute Gasteiger partial charge is 0.324 e. The van der Waals surface area contributed by atoms with Gasteiger partial charge in [0.2, 0.25) is 0 Å². The number of aliphatic carboxylic acids is 1. The second-order valence-corrected chi connectivity index (χ2v) is 3.02. The van der Waals surface area contributed by atoms with E-state index in [1.54, 1.807) is 24.3 Å². The fraction of sp³-hybridized carbons (Fsp3) is 0.300. The Morgan fingerprint density at radius 1 is 1.47 bits per heavy atom. The normalized spacial score (nSPS) is 12.1. The summed E-state index contributed by atoms with van der Waals surface area (Å²) in [5.41, 5.74) is 5.88. The summed E-state index contributed by atoms with van der Waals surface area (Å²) in [6.07, 6.45) is 0. The zero-order valence-corrected chi connectivity index (χ0v) is 8.09. The maximum absolute atomic E-state index is 10.4. The highest BCUT2D eigenvalue weighted by Gasteiger charge is 2.12. The Labute approximate surface area is 87.1 Å². The number of carbonyl (C=O) groups is 1. The van der Waals surface area contributed by atoms with Crippen LogP contribution in [0.3, 0.4) is 0 Å². The van der Waals surface area contributed by atoms with Crippen molar-refractivity contribution in [2.24, 2.45) is 5.73 Å². The van der Waals surface area contributed by atoms with Crippen LogP contribution < -0.4 is 10.5 Å². The topological polar surface area (TPSA) is 92.8 Å². The number of nitrogens with two attached hydrogens (primary N) is 1. The SMILES string of the molecule is NC(COc1ccccc1CO)C(=O)O. The summed E-state index contributed by atoms with van der Waals surface area (Å²) < 4.78 is 5.19. The standard InChI is InChI=1S/C10H13NO4/c11-8(10(13)14)6-15-9-4-2-1-3-7(9)5-12/h1-4,8,12H,5-6,11H2,(H,13,14). The molecule has 0 aromatic heterocycles. The molecule has 0 aliphatic carbocycles. The third-order valence-corrected chi connectivity index (χ3v) is 1.88. The Balaban J connectivity index is 2.60. The summed E-state index contributed by atoms with van der Waals surface area (Å²) in [6, 6.07) is 5.79. The summed E-state index contributed by atoms with van der Waals surface area (Å²) in [7, 11) is 0. The molecule has 0 fully saturated rings. The van der Waals surface area contributed by atoms with Gasteiger partial charge in [-0.25, -0.2) is 0 Å². The molecule has 0 heterocycles. The third-order valence-electron chi connectivity index (χ3n) is 1.88. The van der Waals surface area contributed by atoms with Gasteiger partial charge in [0.05, 0.1) is 6.61 Å². The molecule has 1 unspecified atom stereocenters. The molecule has 1 aromatic rings. The van der Waals surface area contributed by atoms with Crippen molar-refractivity contribution < 1.29 is 19.7 Å². The van der Waals surface area contributed by atoms with Crippen LogP contribution in [-0.2, 0) is 11.4 Å². The summed E-state index contributed by atoms with van der Waals surface area (Å²) >= 11 is 0. The molecular formula is C10H13NO4. The van der Waals surface area contributed by atoms with Gasteiger partial charge < -0.3 is 20.7 Å². The van der Waals surface area contributed by atoms with Gasteiger partial charge in [-0.3, -0.25) is 4.79 Å². The summed E-state index contributed by atoms with van der Waals surface area (Å²) in [4.78, 5) is 10.4. The van der Waals surface area contributed by atoms with Crippen LogP contribution in [0.15, 0.2) is 24.3 Å². The maximum atomic E-state index is 10.4. The molecule has 0 bridgehead atoms. The van der Waals surface area contributed by atoms with Crippen LogP contribution in [0.5, 0.6) is 5.75 Å². The van der Waals surface area contributed by atoms with Gasteiger partial charge >= 0.3 is 5.97 Å². The maximum Gasteiger partial charge on any atom is 0.324 e. The highest BCUT2D eigenvalue weighted by Crippen LogP contribution is 2.17. The van der Waals surface area contributed by atoms with Crippen molar-refractivity contribution in [2.75, 3.05) is 6.61 Å². The predicted octanol–water partition coefficient (Wildman–Crippen LogP) is -0.0304. The number of carboxylic acids is 1. The molecule has 0 spiro atoms. The number of ether oxygens (including phenoxy) is 1. The first-order chi connectivity index (χ1) is 7.15. The number of benzene rings is 1. The van der Waals surface area contributed by atoms with Gasteiger partial charge in [-0.05, 0) is 6.07 Å². The molecule has 82 valence electrons. The first-order valence-corrected chi connectivity index (χ1v) is 4.45. The van der Waals surface area contributed by atoms with Gasteiger partial charge in [0, 0.05) is 5.56 Å². The lowest BCUT2D eigenvalue weighted by Gasteiger charge is -2.11. The minimum Gasteiger partial charge on any atom is -0.491 e. The van der Waals surface area contributed by atoms with Gasteiger partial charge in [-0.1, -0.05) is 18.2 Å². The molecule has 0 aliphatic heterocycles. The van der Waals surface area contributed by atoms with E-state index in [-0.39, 0.29) is 13.2 Å². The Bertz CT molecular complexity index is 340. The molecule has 1 atom stereocenters. The van der Waals surface area contributed by atoms with E-state index in [0.717, 1.165) is 0 Å². The van der Waals surface area contributed by atoms with Crippen LogP contribution in [0.1, 0.15) is 5.56 Å². The number of hydrogen-bond acceptors (Lipinski definition) is 4. The van der Waals surface area contributed by atoms with Crippen LogP contribution in [0.25, 0.3) is 0 Å².